The summed E-state index contributed by atoms with van der Waals surface area (Å²) in [6, 6.07) is 11.5. The van der Waals surface area contributed by atoms with Crippen molar-refractivity contribution in [1.29, 1.82) is 0 Å². The third-order valence-corrected chi connectivity index (χ3v) is 4.91. The average Bonchev–Trinajstić information content (AvgIpc) is 3.06. The molecule has 126 valence electrons. The second-order valence-electron chi connectivity index (χ2n) is 5.80. The van der Waals surface area contributed by atoms with Crippen LogP contribution in [0.3, 0.4) is 0 Å². The number of anilines is 1. The Morgan fingerprint density at radius 3 is 2.96 bits per heavy atom. The molecule has 0 saturated heterocycles. The predicted octanol–water partition coefficient (Wildman–Crippen LogP) is 2.86. The van der Waals surface area contributed by atoms with E-state index in [1.54, 1.807) is 22.9 Å². The molecule has 2 heterocycles. The van der Waals surface area contributed by atoms with Crippen molar-refractivity contribution in [2.75, 3.05) is 17.2 Å². The van der Waals surface area contributed by atoms with Gasteiger partial charge in [-0.05, 0) is 31.2 Å². The predicted molar refractivity (Wildman–Crippen MR) is 94.2 cm³/mol. The maximum Gasteiger partial charge on any atom is 0.237 e. The Kier molecular flexibility index (Phi) is 5.25. The van der Waals surface area contributed by atoms with Gasteiger partial charge >= 0.3 is 0 Å². The Morgan fingerprint density at radius 2 is 2.17 bits per heavy atom. The van der Waals surface area contributed by atoms with Gasteiger partial charge in [-0.15, -0.1) is 11.8 Å². The van der Waals surface area contributed by atoms with Crippen molar-refractivity contribution < 1.29 is 14.0 Å². The van der Waals surface area contributed by atoms with Crippen molar-refractivity contribution >= 4 is 29.3 Å². The van der Waals surface area contributed by atoms with Crippen LogP contribution < -0.4 is 10.2 Å². The minimum atomic E-state index is -0.0578. The van der Waals surface area contributed by atoms with Gasteiger partial charge in [0.15, 0.2) is 0 Å². The molecule has 1 aliphatic rings. The maximum absolute atomic E-state index is 12.2. The van der Waals surface area contributed by atoms with Gasteiger partial charge in [0, 0.05) is 30.3 Å². The lowest BCUT2D eigenvalue weighted by Crippen LogP contribution is -2.40. The van der Waals surface area contributed by atoms with Crippen LogP contribution in [0.5, 0.6) is 0 Å². The Balaban J connectivity index is 1.53. The number of thioether (sulfide) groups is 1. The summed E-state index contributed by atoms with van der Waals surface area (Å²) in [7, 11) is 0. The lowest BCUT2D eigenvalue weighted by molar-refractivity contribution is -0.121. The van der Waals surface area contributed by atoms with E-state index in [4.69, 9.17) is 4.42 Å². The normalized spacial score (nSPS) is 15.0. The zero-order valence-electron chi connectivity index (χ0n) is 13.5. The largest absolute Gasteiger partial charge is 0.469 e. The molecule has 0 unspecified atom stereocenters. The molecule has 1 aromatic heterocycles. The number of nitrogens with zero attached hydrogens (tertiary/aromatic N) is 1. The molecule has 24 heavy (non-hydrogen) atoms. The monoisotopic (exact) mass is 344 g/mol. The summed E-state index contributed by atoms with van der Waals surface area (Å²) in [5.41, 5.74) is 0.898. The van der Waals surface area contributed by atoms with Crippen LogP contribution in [0.1, 0.15) is 19.1 Å². The van der Waals surface area contributed by atoms with Gasteiger partial charge in [0.05, 0.1) is 17.7 Å². The summed E-state index contributed by atoms with van der Waals surface area (Å²) in [6.07, 6.45) is 2.56. The van der Waals surface area contributed by atoms with Crippen molar-refractivity contribution in [3.05, 3.63) is 48.4 Å². The van der Waals surface area contributed by atoms with Crippen molar-refractivity contribution in [3.63, 3.8) is 0 Å². The highest BCUT2D eigenvalue weighted by Gasteiger charge is 2.24. The van der Waals surface area contributed by atoms with E-state index in [0.29, 0.717) is 18.7 Å². The van der Waals surface area contributed by atoms with E-state index in [9.17, 15) is 9.59 Å². The van der Waals surface area contributed by atoms with Gasteiger partial charge in [-0.2, -0.15) is 0 Å². The standard InChI is InChI=1S/C18H20N2O3S/c1-13(11-14-5-4-10-23-14)19-17(21)8-9-20-15-6-2-3-7-16(15)24-12-18(20)22/h2-7,10,13H,8-9,11-12H2,1H3,(H,19,21)/t13-/m1/s1. The second-order valence-corrected chi connectivity index (χ2v) is 6.82. The minimum absolute atomic E-state index is 0.0106. The smallest absolute Gasteiger partial charge is 0.237 e. The number of benzene rings is 1. The summed E-state index contributed by atoms with van der Waals surface area (Å²) < 4.78 is 5.29. The number of hydrogen-bond donors (Lipinski definition) is 1. The zero-order valence-corrected chi connectivity index (χ0v) is 14.3. The fourth-order valence-electron chi connectivity index (χ4n) is 2.74. The van der Waals surface area contributed by atoms with Gasteiger partial charge in [0.2, 0.25) is 11.8 Å². The lowest BCUT2D eigenvalue weighted by Gasteiger charge is -2.28. The number of furan rings is 1. The second kappa shape index (κ2) is 7.57. The summed E-state index contributed by atoms with van der Waals surface area (Å²) in [4.78, 5) is 27.1. The number of rotatable bonds is 6. The SMILES string of the molecule is C[C@H](Cc1ccco1)NC(=O)CCN1C(=O)CSc2ccccc21. The number of nitrogens with one attached hydrogen (secondary N) is 1. The molecular weight excluding hydrogens is 324 g/mol. The summed E-state index contributed by atoms with van der Waals surface area (Å²) in [5, 5.41) is 2.95. The quantitative estimate of drug-likeness (QED) is 0.875. The topological polar surface area (TPSA) is 62.6 Å². The molecule has 1 atom stereocenters. The Labute approximate surface area is 145 Å². The third kappa shape index (κ3) is 4.00. The molecule has 2 amide bonds. The van der Waals surface area contributed by atoms with Crippen LogP contribution in [-0.2, 0) is 16.0 Å². The summed E-state index contributed by atoms with van der Waals surface area (Å²) >= 11 is 1.55. The van der Waals surface area contributed by atoms with E-state index in [1.807, 2.05) is 43.3 Å². The van der Waals surface area contributed by atoms with Crippen LogP contribution in [0.25, 0.3) is 0 Å². The first kappa shape index (κ1) is 16.6. The fourth-order valence-corrected chi connectivity index (χ4v) is 3.68. The molecule has 3 rings (SSSR count). The van der Waals surface area contributed by atoms with Crippen LogP contribution in [0, 0.1) is 0 Å². The van der Waals surface area contributed by atoms with Crippen molar-refractivity contribution in [2.24, 2.45) is 0 Å². The molecule has 1 aromatic carbocycles. The molecule has 0 spiro atoms. The third-order valence-electron chi connectivity index (χ3n) is 3.87. The molecule has 0 fully saturated rings. The van der Waals surface area contributed by atoms with E-state index in [2.05, 4.69) is 5.32 Å². The minimum Gasteiger partial charge on any atom is -0.469 e. The van der Waals surface area contributed by atoms with Gasteiger partial charge in [0.1, 0.15) is 5.76 Å². The van der Waals surface area contributed by atoms with Crippen LogP contribution in [0.15, 0.2) is 52.0 Å². The van der Waals surface area contributed by atoms with Crippen LogP contribution in [0.2, 0.25) is 0 Å². The molecule has 1 aliphatic heterocycles. The van der Waals surface area contributed by atoms with E-state index in [1.165, 1.54) is 0 Å². The molecule has 5 nitrogen and oxygen atoms in total. The highest BCUT2D eigenvalue weighted by atomic mass is 32.2. The number of amides is 2. The van der Waals surface area contributed by atoms with E-state index < -0.39 is 0 Å². The molecule has 0 bridgehead atoms. The van der Waals surface area contributed by atoms with Crippen LogP contribution in [0.4, 0.5) is 5.69 Å². The van der Waals surface area contributed by atoms with Gasteiger partial charge in [-0.25, -0.2) is 0 Å². The first-order valence-corrected chi connectivity index (χ1v) is 8.96. The Hall–Kier alpha value is -2.21. The zero-order chi connectivity index (χ0) is 16.9. The molecule has 2 aromatic rings. The molecule has 0 saturated carbocycles. The Bertz CT molecular complexity index is 715. The van der Waals surface area contributed by atoms with Gasteiger partial charge in [-0.1, -0.05) is 12.1 Å². The first-order chi connectivity index (χ1) is 11.6. The number of para-hydroxylation sites is 1. The molecular formula is C18H20N2O3S. The van der Waals surface area contributed by atoms with E-state index in [0.717, 1.165) is 16.3 Å². The number of carbonyl (C=O) groups excluding carboxylic acids is 2. The number of carbonyl (C=O) groups is 2. The van der Waals surface area contributed by atoms with Crippen LogP contribution in [-0.4, -0.2) is 30.2 Å². The summed E-state index contributed by atoms with van der Waals surface area (Å²) in [6.45, 7) is 2.34. The van der Waals surface area contributed by atoms with Crippen molar-refractivity contribution in [3.8, 4) is 0 Å². The van der Waals surface area contributed by atoms with Gasteiger partial charge in [-0.3, -0.25) is 9.59 Å². The van der Waals surface area contributed by atoms with Gasteiger partial charge in [0.25, 0.3) is 0 Å². The van der Waals surface area contributed by atoms with Gasteiger partial charge < -0.3 is 14.6 Å². The molecule has 0 aliphatic carbocycles. The molecule has 1 N–H and O–H groups in total. The summed E-state index contributed by atoms with van der Waals surface area (Å²) in [5.74, 6) is 1.26. The fraction of sp³-hybridized carbons (Fsp3) is 0.333. The average molecular weight is 344 g/mol. The number of hydrogen-bond acceptors (Lipinski definition) is 4. The highest BCUT2D eigenvalue weighted by molar-refractivity contribution is 8.00. The Morgan fingerprint density at radius 1 is 1.33 bits per heavy atom. The van der Waals surface area contributed by atoms with E-state index >= 15 is 0 Å². The first-order valence-electron chi connectivity index (χ1n) is 7.97. The van der Waals surface area contributed by atoms with Crippen molar-refractivity contribution in [2.45, 2.75) is 30.7 Å². The van der Waals surface area contributed by atoms with Crippen LogP contribution >= 0.6 is 11.8 Å². The van der Waals surface area contributed by atoms with E-state index in [-0.39, 0.29) is 24.3 Å². The number of fused-ring (bicyclic) bond motifs is 1. The highest BCUT2D eigenvalue weighted by Crippen LogP contribution is 2.34. The molecule has 6 heteroatoms. The lowest BCUT2D eigenvalue weighted by atomic mass is 10.2. The molecule has 0 radical (unpaired) electrons. The maximum atomic E-state index is 12.2. The van der Waals surface area contributed by atoms with Crippen molar-refractivity contribution in [1.82, 2.24) is 5.32 Å².